The van der Waals surface area contributed by atoms with E-state index in [4.69, 9.17) is 0 Å². The average Bonchev–Trinajstić information content (AvgIpc) is 2.76. The summed E-state index contributed by atoms with van der Waals surface area (Å²) in [5, 5.41) is 0. The Labute approximate surface area is 143 Å². The molecule has 6 nitrogen and oxygen atoms in total. The summed E-state index contributed by atoms with van der Waals surface area (Å²) in [4.78, 5) is 25.9. The molecule has 0 bridgehead atoms. The van der Waals surface area contributed by atoms with Gasteiger partial charge < -0.3 is 14.4 Å². The molecule has 0 N–H and O–H groups in total. The van der Waals surface area contributed by atoms with E-state index < -0.39 is 0 Å². The van der Waals surface area contributed by atoms with Crippen LogP contribution in [-0.2, 0) is 18.3 Å². The number of imidazole rings is 1. The molecule has 2 aromatic rings. The van der Waals surface area contributed by atoms with Crippen LogP contribution in [0.3, 0.4) is 0 Å². The van der Waals surface area contributed by atoms with Crippen molar-refractivity contribution in [3.63, 3.8) is 0 Å². The van der Waals surface area contributed by atoms with Crippen molar-refractivity contribution in [1.82, 2.24) is 24.3 Å². The molecular weight excluding hydrogens is 302 g/mol. The van der Waals surface area contributed by atoms with Crippen LogP contribution >= 0.6 is 0 Å². The highest BCUT2D eigenvalue weighted by molar-refractivity contribution is 5.77. The first-order chi connectivity index (χ1) is 11.6. The van der Waals surface area contributed by atoms with Crippen LogP contribution in [0.5, 0.6) is 0 Å². The van der Waals surface area contributed by atoms with Crippen LogP contribution in [0.2, 0.25) is 0 Å². The molecule has 6 heteroatoms. The zero-order chi connectivity index (χ0) is 17.1. The van der Waals surface area contributed by atoms with Gasteiger partial charge in [-0.1, -0.05) is 0 Å². The Morgan fingerprint density at radius 1 is 1.33 bits per heavy atom. The number of pyridine rings is 1. The number of hydrogen-bond acceptors (Lipinski definition) is 4. The maximum absolute atomic E-state index is 12.6. The predicted octanol–water partition coefficient (Wildman–Crippen LogP) is 1.84. The van der Waals surface area contributed by atoms with E-state index in [2.05, 4.69) is 29.0 Å². The quantitative estimate of drug-likeness (QED) is 0.859. The zero-order valence-electron chi connectivity index (χ0n) is 14.9. The lowest BCUT2D eigenvalue weighted by molar-refractivity contribution is -0.131. The monoisotopic (exact) mass is 329 g/mol. The molecule has 2 aromatic heterocycles. The molecule has 3 heterocycles. The third kappa shape index (κ3) is 3.59. The van der Waals surface area contributed by atoms with Gasteiger partial charge in [-0.15, -0.1) is 0 Å². The van der Waals surface area contributed by atoms with Gasteiger partial charge >= 0.3 is 0 Å². The summed E-state index contributed by atoms with van der Waals surface area (Å²) in [5.74, 6) is 1.17. The molecule has 1 fully saturated rings. The van der Waals surface area contributed by atoms with Gasteiger partial charge in [0.15, 0.2) is 5.65 Å². The van der Waals surface area contributed by atoms with Gasteiger partial charge in [0, 0.05) is 45.2 Å². The third-order valence-electron chi connectivity index (χ3n) is 5.06. The van der Waals surface area contributed by atoms with Gasteiger partial charge in [-0.05, 0) is 45.5 Å². The summed E-state index contributed by atoms with van der Waals surface area (Å²) in [6, 6.07) is 4.45. The van der Waals surface area contributed by atoms with E-state index in [0.29, 0.717) is 18.9 Å². The van der Waals surface area contributed by atoms with Crippen molar-refractivity contribution in [2.75, 3.05) is 27.2 Å². The van der Waals surface area contributed by atoms with Crippen molar-refractivity contribution < 1.29 is 4.79 Å². The molecule has 0 radical (unpaired) electrons. The standard InChI is InChI=1S/C18H27N5O/c1-21(2)14-6-5-12-23(13-10-14)17(24)9-8-16-20-15-7-4-11-19-18(15)22(16)3/h4,7,11,14H,5-6,8-10,12-13H2,1-3H3. The normalized spacial score (nSPS) is 19.0. The minimum Gasteiger partial charge on any atom is -0.343 e. The van der Waals surface area contributed by atoms with Crippen molar-refractivity contribution >= 4 is 17.1 Å². The van der Waals surface area contributed by atoms with E-state index in [0.717, 1.165) is 42.9 Å². The summed E-state index contributed by atoms with van der Waals surface area (Å²) in [7, 11) is 6.22. The van der Waals surface area contributed by atoms with Crippen LogP contribution in [0.25, 0.3) is 11.2 Å². The van der Waals surface area contributed by atoms with E-state index in [-0.39, 0.29) is 5.91 Å². The van der Waals surface area contributed by atoms with Crippen molar-refractivity contribution in [3.8, 4) is 0 Å². The number of carbonyl (C=O) groups excluding carboxylic acids is 1. The van der Waals surface area contributed by atoms with Gasteiger partial charge in [0.05, 0.1) is 0 Å². The zero-order valence-corrected chi connectivity index (χ0v) is 14.9. The topological polar surface area (TPSA) is 54.3 Å². The molecular formula is C18H27N5O. The minimum atomic E-state index is 0.245. The van der Waals surface area contributed by atoms with Crippen molar-refractivity contribution in [1.29, 1.82) is 0 Å². The van der Waals surface area contributed by atoms with Gasteiger partial charge in [-0.2, -0.15) is 0 Å². The van der Waals surface area contributed by atoms with Gasteiger partial charge in [0.2, 0.25) is 5.91 Å². The van der Waals surface area contributed by atoms with Crippen LogP contribution in [0.1, 0.15) is 31.5 Å². The first-order valence-corrected chi connectivity index (χ1v) is 8.77. The summed E-state index contributed by atoms with van der Waals surface area (Å²) in [5.41, 5.74) is 1.77. The molecule has 1 amide bonds. The lowest BCUT2D eigenvalue weighted by Crippen LogP contribution is -2.34. The molecule has 0 spiro atoms. The van der Waals surface area contributed by atoms with E-state index >= 15 is 0 Å². The fourth-order valence-corrected chi connectivity index (χ4v) is 3.52. The third-order valence-corrected chi connectivity index (χ3v) is 5.06. The SMILES string of the molecule is CN(C)C1CCCN(C(=O)CCc2nc3cccnc3n2C)CC1. The van der Waals surface area contributed by atoms with Crippen LogP contribution in [0.15, 0.2) is 18.3 Å². The number of aromatic nitrogens is 3. The second kappa shape index (κ2) is 7.30. The highest BCUT2D eigenvalue weighted by Gasteiger charge is 2.22. The van der Waals surface area contributed by atoms with Crippen LogP contribution in [0, 0.1) is 0 Å². The molecule has 1 unspecified atom stereocenters. The Bertz CT molecular complexity index is 708. The molecule has 1 aliphatic heterocycles. The number of rotatable bonds is 4. The molecule has 0 aliphatic carbocycles. The molecule has 3 rings (SSSR count). The van der Waals surface area contributed by atoms with Crippen LogP contribution < -0.4 is 0 Å². The predicted molar refractivity (Wildman–Crippen MR) is 94.7 cm³/mol. The molecule has 1 aliphatic rings. The first-order valence-electron chi connectivity index (χ1n) is 8.77. The fraction of sp³-hybridized carbons (Fsp3) is 0.611. The lowest BCUT2D eigenvalue weighted by atomic mass is 10.1. The Kier molecular flexibility index (Phi) is 5.14. The number of carbonyl (C=O) groups is 1. The van der Waals surface area contributed by atoms with Gasteiger partial charge in [-0.25, -0.2) is 9.97 Å². The summed E-state index contributed by atoms with van der Waals surface area (Å²) < 4.78 is 1.99. The van der Waals surface area contributed by atoms with Gasteiger partial charge in [0.1, 0.15) is 11.3 Å². The highest BCUT2D eigenvalue weighted by Crippen LogP contribution is 2.17. The highest BCUT2D eigenvalue weighted by atomic mass is 16.2. The Morgan fingerprint density at radius 3 is 2.92 bits per heavy atom. The van der Waals surface area contributed by atoms with Crippen molar-refractivity contribution in [3.05, 3.63) is 24.2 Å². The maximum atomic E-state index is 12.6. The number of nitrogens with zero attached hydrogens (tertiary/aromatic N) is 5. The fourth-order valence-electron chi connectivity index (χ4n) is 3.52. The first kappa shape index (κ1) is 16.9. The number of amides is 1. The smallest absolute Gasteiger partial charge is 0.223 e. The lowest BCUT2D eigenvalue weighted by Gasteiger charge is -2.23. The Morgan fingerprint density at radius 2 is 2.17 bits per heavy atom. The molecule has 0 aromatic carbocycles. The molecule has 24 heavy (non-hydrogen) atoms. The average molecular weight is 329 g/mol. The van der Waals surface area contributed by atoms with Crippen LogP contribution in [-0.4, -0.2) is 63.5 Å². The van der Waals surface area contributed by atoms with E-state index in [1.807, 2.05) is 28.6 Å². The molecule has 130 valence electrons. The van der Waals surface area contributed by atoms with Crippen molar-refractivity contribution in [2.24, 2.45) is 7.05 Å². The minimum absolute atomic E-state index is 0.245. The summed E-state index contributed by atoms with van der Waals surface area (Å²) >= 11 is 0. The Balaban J connectivity index is 1.59. The largest absolute Gasteiger partial charge is 0.343 e. The number of fused-ring (bicyclic) bond motifs is 1. The number of likely N-dealkylation sites (tertiary alicyclic amines) is 1. The molecule has 1 saturated heterocycles. The van der Waals surface area contributed by atoms with E-state index in [9.17, 15) is 4.79 Å². The van der Waals surface area contributed by atoms with Crippen LogP contribution in [0.4, 0.5) is 0 Å². The Hall–Kier alpha value is -1.95. The second-order valence-corrected chi connectivity index (χ2v) is 6.86. The number of aryl methyl sites for hydroxylation is 2. The maximum Gasteiger partial charge on any atom is 0.223 e. The van der Waals surface area contributed by atoms with E-state index in [1.165, 1.54) is 6.42 Å². The summed E-state index contributed by atoms with van der Waals surface area (Å²) in [6.07, 6.45) is 6.29. The molecule has 0 saturated carbocycles. The van der Waals surface area contributed by atoms with E-state index in [1.54, 1.807) is 6.20 Å². The van der Waals surface area contributed by atoms with Gasteiger partial charge in [-0.3, -0.25) is 4.79 Å². The van der Waals surface area contributed by atoms with Crippen molar-refractivity contribution in [2.45, 2.75) is 38.1 Å². The van der Waals surface area contributed by atoms with Gasteiger partial charge in [0.25, 0.3) is 0 Å². The summed E-state index contributed by atoms with van der Waals surface area (Å²) in [6.45, 7) is 1.75. The second-order valence-electron chi connectivity index (χ2n) is 6.86. The number of hydrogen-bond donors (Lipinski definition) is 0. The molecule has 1 atom stereocenters.